The lowest BCUT2D eigenvalue weighted by Gasteiger charge is -2.36. The Morgan fingerprint density at radius 3 is 2.68 bits per heavy atom. The van der Waals surface area contributed by atoms with Crippen LogP contribution in [0.1, 0.15) is 33.1 Å². The summed E-state index contributed by atoms with van der Waals surface area (Å²) in [5, 5.41) is 11.9. The average molecular weight is 272 g/mol. The van der Waals surface area contributed by atoms with E-state index in [0.29, 0.717) is 26.1 Å². The van der Waals surface area contributed by atoms with Gasteiger partial charge in [-0.2, -0.15) is 0 Å². The molecule has 1 fully saturated rings. The maximum absolute atomic E-state index is 11.4. The summed E-state index contributed by atoms with van der Waals surface area (Å²) in [5.41, 5.74) is 0. The molecule has 110 valence electrons. The number of likely N-dealkylation sites (tertiary alicyclic amines) is 1. The van der Waals surface area contributed by atoms with E-state index in [9.17, 15) is 9.59 Å². The minimum Gasteiger partial charge on any atom is -0.481 e. The number of carboxylic acids is 1. The molecular formula is C13H24N2O4. The van der Waals surface area contributed by atoms with E-state index in [1.807, 2.05) is 0 Å². The molecule has 1 rings (SSSR count). The van der Waals surface area contributed by atoms with Crippen LogP contribution in [0.5, 0.6) is 0 Å². The van der Waals surface area contributed by atoms with E-state index in [4.69, 9.17) is 9.84 Å². The number of alkyl carbamates (subject to hydrolysis) is 1. The van der Waals surface area contributed by atoms with Gasteiger partial charge in [0.15, 0.2) is 0 Å². The number of ether oxygens (including phenoxy) is 1. The number of aliphatic carboxylic acids is 1. The van der Waals surface area contributed by atoms with Crippen molar-refractivity contribution in [2.75, 3.05) is 26.2 Å². The van der Waals surface area contributed by atoms with Crippen LogP contribution in [-0.4, -0.2) is 54.4 Å². The van der Waals surface area contributed by atoms with Crippen LogP contribution in [0.15, 0.2) is 0 Å². The van der Waals surface area contributed by atoms with Crippen molar-refractivity contribution in [3.63, 3.8) is 0 Å². The van der Waals surface area contributed by atoms with Gasteiger partial charge in [0.05, 0.1) is 12.5 Å². The summed E-state index contributed by atoms with van der Waals surface area (Å²) in [7, 11) is 0. The fraction of sp³-hybridized carbons (Fsp3) is 0.846. The van der Waals surface area contributed by atoms with Gasteiger partial charge in [0.1, 0.15) is 0 Å². The van der Waals surface area contributed by atoms with Crippen molar-refractivity contribution in [1.29, 1.82) is 0 Å². The minimum atomic E-state index is -0.795. The molecule has 0 radical (unpaired) electrons. The van der Waals surface area contributed by atoms with Crippen LogP contribution >= 0.6 is 0 Å². The molecule has 1 aliphatic heterocycles. The second kappa shape index (κ2) is 7.99. The predicted molar refractivity (Wildman–Crippen MR) is 71.0 cm³/mol. The Morgan fingerprint density at radius 1 is 1.37 bits per heavy atom. The molecule has 0 aromatic heterocycles. The van der Waals surface area contributed by atoms with Crippen molar-refractivity contribution in [1.82, 2.24) is 10.2 Å². The van der Waals surface area contributed by atoms with Crippen LogP contribution < -0.4 is 5.32 Å². The number of hydrogen-bond acceptors (Lipinski definition) is 4. The first kappa shape index (κ1) is 15.8. The second-order valence-corrected chi connectivity index (χ2v) is 4.95. The lowest BCUT2D eigenvalue weighted by Crippen LogP contribution is -2.52. The van der Waals surface area contributed by atoms with Gasteiger partial charge in [0, 0.05) is 19.1 Å². The SMILES string of the molecule is CCCCN1CC(NC(=O)OCC)CC(C(=O)O)C1. The normalized spacial score (nSPS) is 23.9. The first-order valence-electron chi connectivity index (χ1n) is 6.95. The van der Waals surface area contributed by atoms with Gasteiger partial charge in [-0.25, -0.2) is 4.79 Å². The minimum absolute atomic E-state index is 0.147. The summed E-state index contributed by atoms with van der Waals surface area (Å²) in [6, 6.07) is -0.147. The van der Waals surface area contributed by atoms with E-state index >= 15 is 0 Å². The molecule has 0 bridgehead atoms. The topological polar surface area (TPSA) is 78.9 Å². The fourth-order valence-corrected chi connectivity index (χ4v) is 2.38. The summed E-state index contributed by atoms with van der Waals surface area (Å²) in [5.74, 6) is -1.21. The molecule has 2 N–H and O–H groups in total. The third kappa shape index (κ3) is 5.46. The van der Waals surface area contributed by atoms with Gasteiger partial charge in [-0.15, -0.1) is 0 Å². The quantitative estimate of drug-likeness (QED) is 0.762. The molecule has 19 heavy (non-hydrogen) atoms. The highest BCUT2D eigenvalue weighted by Crippen LogP contribution is 2.18. The molecule has 6 heteroatoms. The second-order valence-electron chi connectivity index (χ2n) is 4.95. The van der Waals surface area contributed by atoms with Crippen LogP contribution in [0.3, 0.4) is 0 Å². The van der Waals surface area contributed by atoms with Crippen molar-refractivity contribution >= 4 is 12.1 Å². The van der Waals surface area contributed by atoms with Gasteiger partial charge in [-0.1, -0.05) is 13.3 Å². The van der Waals surface area contributed by atoms with E-state index in [2.05, 4.69) is 17.1 Å². The van der Waals surface area contributed by atoms with E-state index in [-0.39, 0.29) is 6.04 Å². The molecule has 2 atom stereocenters. The van der Waals surface area contributed by atoms with Gasteiger partial charge in [0.2, 0.25) is 0 Å². The monoisotopic (exact) mass is 272 g/mol. The third-order valence-corrected chi connectivity index (χ3v) is 3.30. The number of nitrogens with zero attached hydrogens (tertiary/aromatic N) is 1. The fourth-order valence-electron chi connectivity index (χ4n) is 2.38. The molecule has 2 unspecified atom stereocenters. The molecule has 0 aromatic rings. The Bertz CT molecular complexity index is 309. The Kier molecular flexibility index (Phi) is 6.62. The van der Waals surface area contributed by atoms with Gasteiger partial charge in [-0.3, -0.25) is 4.79 Å². The maximum Gasteiger partial charge on any atom is 0.407 e. The first-order chi connectivity index (χ1) is 9.06. The number of carbonyl (C=O) groups is 2. The van der Waals surface area contributed by atoms with Gasteiger partial charge >= 0.3 is 12.1 Å². The molecular weight excluding hydrogens is 248 g/mol. The highest BCUT2D eigenvalue weighted by atomic mass is 16.5. The van der Waals surface area contributed by atoms with E-state index in [0.717, 1.165) is 19.4 Å². The number of hydrogen-bond donors (Lipinski definition) is 2. The van der Waals surface area contributed by atoms with Crippen molar-refractivity contribution in [3.8, 4) is 0 Å². The number of nitrogens with one attached hydrogen (secondary N) is 1. The Morgan fingerprint density at radius 2 is 2.11 bits per heavy atom. The van der Waals surface area contributed by atoms with Crippen molar-refractivity contribution in [2.24, 2.45) is 5.92 Å². The molecule has 0 aliphatic carbocycles. The van der Waals surface area contributed by atoms with Crippen molar-refractivity contribution < 1.29 is 19.4 Å². The molecule has 1 amide bonds. The summed E-state index contributed by atoms with van der Waals surface area (Å²) in [6.07, 6.45) is 2.12. The Labute approximate surface area is 114 Å². The van der Waals surface area contributed by atoms with Gasteiger partial charge < -0.3 is 20.1 Å². The Hall–Kier alpha value is -1.30. The van der Waals surface area contributed by atoms with Crippen LogP contribution in [0, 0.1) is 5.92 Å². The summed E-state index contributed by atoms with van der Waals surface area (Å²) in [4.78, 5) is 24.7. The molecule has 1 aliphatic rings. The number of unbranched alkanes of at least 4 members (excludes halogenated alkanes) is 1. The largest absolute Gasteiger partial charge is 0.481 e. The van der Waals surface area contributed by atoms with Crippen LogP contribution in [0.2, 0.25) is 0 Å². The Balaban J connectivity index is 2.54. The number of carbonyl (C=O) groups excluding carboxylic acids is 1. The molecule has 6 nitrogen and oxygen atoms in total. The van der Waals surface area contributed by atoms with Crippen molar-refractivity contribution in [2.45, 2.75) is 39.2 Å². The summed E-state index contributed by atoms with van der Waals surface area (Å²) < 4.78 is 4.84. The van der Waals surface area contributed by atoms with Crippen LogP contribution in [-0.2, 0) is 9.53 Å². The number of carboxylic acid groups (broad SMARTS) is 1. The number of amides is 1. The van der Waals surface area contributed by atoms with E-state index < -0.39 is 18.0 Å². The highest BCUT2D eigenvalue weighted by molar-refractivity contribution is 5.71. The first-order valence-corrected chi connectivity index (χ1v) is 6.95. The molecule has 0 aromatic carbocycles. The number of piperidine rings is 1. The summed E-state index contributed by atoms with van der Waals surface area (Å²) in [6.45, 7) is 6.31. The zero-order valence-electron chi connectivity index (χ0n) is 11.7. The lowest BCUT2D eigenvalue weighted by molar-refractivity contribution is -0.144. The standard InChI is InChI=1S/C13H24N2O4/c1-3-5-6-15-8-10(12(16)17)7-11(9-15)14-13(18)19-4-2/h10-11H,3-9H2,1-2H3,(H,14,18)(H,16,17). The molecule has 0 spiro atoms. The van der Waals surface area contributed by atoms with Gasteiger partial charge in [0.25, 0.3) is 0 Å². The molecule has 0 saturated carbocycles. The van der Waals surface area contributed by atoms with Crippen LogP contribution in [0.4, 0.5) is 4.79 Å². The predicted octanol–water partition coefficient (Wildman–Crippen LogP) is 1.31. The van der Waals surface area contributed by atoms with Gasteiger partial charge in [-0.05, 0) is 26.3 Å². The highest BCUT2D eigenvalue weighted by Gasteiger charge is 2.32. The van der Waals surface area contributed by atoms with E-state index in [1.54, 1.807) is 6.92 Å². The lowest BCUT2D eigenvalue weighted by atomic mass is 9.94. The zero-order valence-corrected chi connectivity index (χ0v) is 11.7. The smallest absolute Gasteiger partial charge is 0.407 e. The summed E-state index contributed by atoms with van der Waals surface area (Å²) >= 11 is 0. The third-order valence-electron chi connectivity index (χ3n) is 3.30. The molecule has 1 heterocycles. The zero-order chi connectivity index (χ0) is 14.3. The molecule has 1 saturated heterocycles. The van der Waals surface area contributed by atoms with Crippen LogP contribution in [0.25, 0.3) is 0 Å². The van der Waals surface area contributed by atoms with Crippen molar-refractivity contribution in [3.05, 3.63) is 0 Å². The van der Waals surface area contributed by atoms with E-state index in [1.165, 1.54) is 0 Å². The average Bonchev–Trinajstić information content (AvgIpc) is 2.36. The maximum atomic E-state index is 11.4. The number of rotatable bonds is 6.